The Morgan fingerprint density at radius 1 is 0.943 bits per heavy atom. The van der Waals surface area contributed by atoms with Gasteiger partial charge in [0.15, 0.2) is 0 Å². The molecular weight excluding hydrogens is 676 g/mol. The zero-order valence-electron chi connectivity index (χ0n) is 33.5. The Hall–Kier alpha value is -3.77. The predicted molar refractivity (Wildman–Crippen MR) is 203 cm³/mol. The minimum absolute atomic E-state index is 0.0146. The largest absolute Gasteiger partial charge is 0.346 e. The number of nitrogens with one attached hydrogen (secondary N) is 4. The normalized spacial score (nSPS) is 22.5. The zero-order valence-corrected chi connectivity index (χ0v) is 33.5. The van der Waals surface area contributed by atoms with Crippen LogP contribution in [-0.4, -0.2) is 95.0 Å². The van der Waals surface area contributed by atoms with Crippen molar-refractivity contribution >= 4 is 41.4 Å². The lowest BCUT2D eigenvalue weighted by molar-refractivity contribution is -0.153. The van der Waals surface area contributed by atoms with Gasteiger partial charge in [0.2, 0.25) is 29.4 Å². The van der Waals surface area contributed by atoms with Crippen molar-refractivity contribution in [2.24, 2.45) is 28.6 Å². The van der Waals surface area contributed by atoms with E-state index in [1.54, 1.807) is 4.90 Å². The van der Waals surface area contributed by atoms with E-state index in [-0.39, 0.29) is 67.8 Å². The standard InChI is InChI=1S/C40H66N6O7/c1-10-12-18-28(34(49)36(51)41-20-11-2)42-35(50)33-27(25(3)4)19-21-45(33)37(52)32(26-16-14-13-15-17-26)44-38(53)43-29(39(5,6)7)24-46-30(47)22-40(8,9)23-31(46)48/h11,25-29,32-33H,2,10,12-24H2,1,3-9H3,(H,41,51)(H,42,50)(H2,43,44,53)/t27-,28?,29-,32+,33+/m1/s1. The van der Waals surface area contributed by atoms with Crippen molar-refractivity contribution in [2.75, 3.05) is 19.6 Å². The molecule has 0 aromatic heterocycles. The fraction of sp³-hybridized carbons (Fsp3) is 0.775. The van der Waals surface area contributed by atoms with Crippen LogP contribution < -0.4 is 21.3 Å². The molecule has 53 heavy (non-hydrogen) atoms. The highest BCUT2D eigenvalue weighted by atomic mass is 16.2. The second kappa shape index (κ2) is 19.0. The molecule has 2 heterocycles. The van der Waals surface area contributed by atoms with Crippen molar-refractivity contribution in [3.63, 3.8) is 0 Å². The number of piperidine rings is 1. The van der Waals surface area contributed by atoms with E-state index in [4.69, 9.17) is 0 Å². The molecule has 1 aliphatic carbocycles. The number of amides is 7. The maximum Gasteiger partial charge on any atom is 0.315 e. The Morgan fingerprint density at radius 3 is 2.11 bits per heavy atom. The second-order valence-corrected chi connectivity index (χ2v) is 17.6. The molecule has 1 saturated carbocycles. The van der Waals surface area contributed by atoms with Crippen molar-refractivity contribution in [1.29, 1.82) is 0 Å². The van der Waals surface area contributed by atoms with E-state index in [9.17, 15) is 33.6 Å². The van der Waals surface area contributed by atoms with Crippen molar-refractivity contribution in [3.8, 4) is 0 Å². The number of unbranched alkanes of at least 4 members (excludes halogenated alkanes) is 1. The van der Waals surface area contributed by atoms with Gasteiger partial charge in [0.1, 0.15) is 12.1 Å². The number of rotatable bonds is 16. The zero-order chi connectivity index (χ0) is 39.7. The summed E-state index contributed by atoms with van der Waals surface area (Å²) in [6.07, 6.45) is 8.47. The molecule has 1 unspecified atom stereocenters. The van der Waals surface area contributed by atoms with Crippen LogP contribution in [0.15, 0.2) is 12.7 Å². The Labute approximate surface area is 316 Å². The summed E-state index contributed by atoms with van der Waals surface area (Å²) in [6.45, 7) is 19.5. The molecule has 0 aromatic rings. The van der Waals surface area contributed by atoms with Crippen molar-refractivity contribution in [1.82, 2.24) is 31.1 Å². The van der Waals surface area contributed by atoms with Gasteiger partial charge in [0.25, 0.3) is 5.91 Å². The second-order valence-electron chi connectivity index (χ2n) is 17.6. The van der Waals surface area contributed by atoms with Crippen LogP contribution in [0.2, 0.25) is 0 Å². The van der Waals surface area contributed by atoms with Crippen LogP contribution in [0.25, 0.3) is 0 Å². The third-order valence-electron chi connectivity index (χ3n) is 11.2. The molecule has 0 radical (unpaired) electrons. The average molecular weight is 743 g/mol. The van der Waals surface area contributed by atoms with E-state index in [2.05, 4.69) is 27.8 Å². The van der Waals surface area contributed by atoms with Crippen molar-refractivity contribution in [3.05, 3.63) is 12.7 Å². The molecule has 2 saturated heterocycles. The maximum absolute atomic E-state index is 14.7. The Balaban J connectivity index is 1.87. The highest BCUT2D eigenvalue weighted by Crippen LogP contribution is 2.35. The molecular formula is C40H66N6O7. The van der Waals surface area contributed by atoms with E-state index in [0.29, 0.717) is 19.4 Å². The topological polar surface area (TPSA) is 174 Å². The highest BCUT2D eigenvalue weighted by molar-refractivity contribution is 6.38. The quantitative estimate of drug-likeness (QED) is 0.104. The molecule has 0 spiro atoms. The number of imide groups is 1. The molecule has 0 aromatic carbocycles. The molecule has 13 nitrogen and oxygen atoms in total. The maximum atomic E-state index is 14.7. The summed E-state index contributed by atoms with van der Waals surface area (Å²) in [5.41, 5.74) is -0.961. The van der Waals surface area contributed by atoms with Gasteiger partial charge < -0.3 is 26.2 Å². The van der Waals surface area contributed by atoms with E-state index in [1.807, 2.05) is 55.4 Å². The lowest BCUT2D eigenvalue weighted by Crippen LogP contribution is -2.62. The minimum Gasteiger partial charge on any atom is -0.346 e. The van der Waals surface area contributed by atoms with Gasteiger partial charge in [-0.05, 0) is 54.3 Å². The van der Waals surface area contributed by atoms with Crippen LogP contribution in [0.5, 0.6) is 0 Å². The molecule has 298 valence electrons. The van der Waals surface area contributed by atoms with E-state index in [0.717, 1.165) is 38.5 Å². The first-order valence-electron chi connectivity index (χ1n) is 19.7. The van der Waals surface area contributed by atoms with Gasteiger partial charge in [0.05, 0.1) is 12.1 Å². The highest BCUT2D eigenvalue weighted by Gasteiger charge is 2.47. The van der Waals surface area contributed by atoms with Gasteiger partial charge in [0, 0.05) is 32.5 Å². The Morgan fingerprint density at radius 2 is 1.57 bits per heavy atom. The van der Waals surface area contributed by atoms with Crippen LogP contribution in [0.4, 0.5) is 4.79 Å². The van der Waals surface area contributed by atoms with Crippen LogP contribution in [-0.2, 0) is 28.8 Å². The van der Waals surface area contributed by atoms with Crippen LogP contribution in [0.1, 0.15) is 126 Å². The summed E-state index contributed by atoms with van der Waals surface area (Å²) in [4.78, 5) is 97.4. The van der Waals surface area contributed by atoms with Crippen LogP contribution in [0, 0.1) is 28.6 Å². The number of likely N-dealkylation sites (tertiary alicyclic amines) is 2. The molecule has 5 atom stereocenters. The molecule has 3 rings (SSSR count). The lowest BCUT2D eigenvalue weighted by Gasteiger charge is -2.40. The molecule has 7 amide bonds. The Kier molecular flexibility index (Phi) is 15.6. The molecule has 3 fully saturated rings. The number of hydrogen-bond acceptors (Lipinski definition) is 7. The number of carbonyl (C=O) groups excluding carboxylic acids is 7. The van der Waals surface area contributed by atoms with Crippen LogP contribution >= 0.6 is 0 Å². The molecule has 2 aliphatic heterocycles. The first kappa shape index (κ1) is 43.6. The van der Waals surface area contributed by atoms with E-state index >= 15 is 0 Å². The van der Waals surface area contributed by atoms with Crippen LogP contribution in [0.3, 0.4) is 0 Å². The summed E-state index contributed by atoms with van der Waals surface area (Å²) in [5.74, 6) is -3.25. The van der Waals surface area contributed by atoms with Gasteiger partial charge in [-0.25, -0.2) is 4.79 Å². The molecule has 13 heteroatoms. The van der Waals surface area contributed by atoms with Gasteiger partial charge in [-0.2, -0.15) is 0 Å². The smallest absolute Gasteiger partial charge is 0.315 e. The summed E-state index contributed by atoms with van der Waals surface area (Å²) in [5, 5.41) is 11.3. The van der Waals surface area contributed by atoms with E-state index < -0.39 is 58.6 Å². The first-order valence-corrected chi connectivity index (χ1v) is 19.7. The third-order valence-corrected chi connectivity index (χ3v) is 11.2. The van der Waals surface area contributed by atoms with Gasteiger partial charge in [-0.3, -0.25) is 33.7 Å². The molecule has 0 bridgehead atoms. The van der Waals surface area contributed by atoms with Gasteiger partial charge >= 0.3 is 6.03 Å². The SMILES string of the molecule is C=CCNC(=O)C(=O)C(CCCC)NC(=O)[C@@H]1[C@@H](C(C)C)CCN1C(=O)[C@@H](NC(=O)N[C@H](CN1C(=O)CC(C)(C)CC1=O)C(C)(C)C)C1CCCCC1. The molecule has 4 N–H and O–H groups in total. The fourth-order valence-corrected chi connectivity index (χ4v) is 7.94. The van der Waals surface area contributed by atoms with Gasteiger partial charge in [-0.1, -0.05) is 93.6 Å². The average Bonchev–Trinajstić information content (AvgIpc) is 3.54. The fourth-order valence-electron chi connectivity index (χ4n) is 7.94. The first-order chi connectivity index (χ1) is 24.8. The summed E-state index contributed by atoms with van der Waals surface area (Å²) in [7, 11) is 0. The lowest BCUT2D eigenvalue weighted by atomic mass is 9.80. The third kappa shape index (κ3) is 11.9. The summed E-state index contributed by atoms with van der Waals surface area (Å²) >= 11 is 0. The molecule has 3 aliphatic rings. The number of hydrogen-bond donors (Lipinski definition) is 4. The number of Topliss-reactive ketones (excluding diaryl/α,β-unsaturated/α-hetero) is 1. The monoisotopic (exact) mass is 742 g/mol. The van der Waals surface area contributed by atoms with Gasteiger partial charge in [-0.15, -0.1) is 6.58 Å². The number of nitrogens with zero attached hydrogens (tertiary/aromatic N) is 2. The summed E-state index contributed by atoms with van der Waals surface area (Å²) < 4.78 is 0. The Bertz CT molecular complexity index is 1350. The van der Waals surface area contributed by atoms with Crippen molar-refractivity contribution in [2.45, 2.75) is 150 Å². The summed E-state index contributed by atoms with van der Waals surface area (Å²) in [6, 6.07) is -4.04. The van der Waals surface area contributed by atoms with Crippen molar-refractivity contribution < 1.29 is 33.6 Å². The number of urea groups is 1. The predicted octanol–water partition coefficient (Wildman–Crippen LogP) is 4.24. The minimum atomic E-state index is -1.05. The number of carbonyl (C=O) groups is 7. The number of ketones is 1. The van der Waals surface area contributed by atoms with E-state index in [1.165, 1.54) is 11.0 Å².